The summed E-state index contributed by atoms with van der Waals surface area (Å²) in [5.74, 6) is -1.90. The lowest BCUT2D eigenvalue weighted by Gasteiger charge is -2.24. The number of aromatic nitrogens is 6. The molecule has 1 aliphatic heterocycles. The van der Waals surface area contributed by atoms with E-state index in [-0.39, 0.29) is 42.3 Å². The average molecular weight is 1000 g/mol. The number of anilines is 4. The van der Waals surface area contributed by atoms with Gasteiger partial charge in [0.25, 0.3) is 0 Å². The fourth-order valence-corrected chi connectivity index (χ4v) is 9.12. The Morgan fingerprint density at radius 1 is 0.667 bits per heavy atom. The third-order valence-electron chi connectivity index (χ3n) is 12.9. The predicted octanol–water partition coefficient (Wildman–Crippen LogP) is 6.71. The number of nitrogens with zero attached hydrogens (tertiary/aromatic N) is 8. The Morgan fingerprint density at radius 3 is 1.51 bits per heavy atom. The van der Waals surface area contributed by atoms with Gasteiger partial charge in [0.2, 0.25) is 29.7 Å². The third-order valence-corrected chi connectivity index (χ3v) is 12.9. The summed E-state index contributed by atoms with van der Waals surface area (Å²) in [4.78, 5) is 77.2. The predicted molar refractivity (Wildman–Crippen MR) is 264 cm³/mol. The topological polar surface area (TPSA) is 263 Å². The Kier molecular flexibility index (Phi) is 20.8. The molecule has 4 aromatic heterocycles. The molecule has 23 heteroatoms. The van der Waals surface area contributed by atoms with Gasteiger partial charge >= 0.3 is 12.2 Å². The molecule has 0 bridgehead atoms. The van der Waals surface area contributed by atoms with Crippen LogP contribution in [-0.4, -0.2) is 99.1 Å². The summed E-state index contributed by atoms with van der Waals surface area (Å²) >= 11 is 0. The summed E-state index contributed by atoms with van der Waals surface area (Å²) in [6, 6.07) is 7.35. The minimum absolute atomic E-state index is 0.00937. The van der Waals surface area contributed by atoms with Gasteiger partial charge in [-0.15, -0.1) is 0 Å². The van der Waals surface area contributed by atoms with Crippen molar-refractivity contribution in [2.75, 3.05) is 54.4 Å². The summed E-state index contributed by atoms with van der Waals surface area (Å²) in [5, 5.41) is 13.9. The molecule has 4 amide bonds. The highest BCUT2D eigenvalue weighted by molar-refractivity contribution is 5.81. The normalized spacial score (nSPS) is 16.6. The number of hydrogen-bond donors (Lipinski definition) is 7. The zero-order chi connectivity index (χ0) is 51.4. The van der Waals surface area contributed by atoms with Crippen LogP contribution in [0.2, 0.25) is 0 Å². The van der Waals surface area contributed by atoms with Crippen molar-refractivity contribution < 1.29 is 42.5 Å². The number of amides is 4. The number of hydrazine groups is 2. The smallest absolute Gasteiger partial charge is 0.409 e. The second kappa shape index (κ2) is 27.5. The minimum atomic E-state index is -1.19. The van der Waals surface area contributed by atoms with Crippen molar-refractivity contribution in [2.24, 2.45) is 23.7 Å². The van der Waals surface area contributed by atoms with Crippen LogP contribution < -0.4 is 42.1 Å². The molecule has 3 fully saturated rings. The second-order valence-electron chi connectivity index (χ2n) is 18.6. The third kappa shape index (κ3) is 17.1. The molecule has 72 heavy (non-hydrogen) atoms. The van der Waals surface area contributed by atoms with Crippen LogP contribution in [0, 0.1) is 49.2 Å². The van der Waals surface area contributed by atoms with Crippen LogP contribution in [0.5, 0.6) is 0 Å². The number of hydrogen-bond acceptors (Lipinski definition) is 16. The van der Waals surface area contributed by atoms with Crippen LogP contribution in [0.25, 0.3) is 0 Å². The molecule has 0 aromatic carbocycles. The lowest BCUT2D eigenvalue weighted by molar-refractivity contribution is -0.128. The van der Waals surface area contributed by atoms with Gasteiger partial charge in [-0.2, -0.15) is 8.78 Å². The van der Waals surface area contributed by atoms with Crippen molar-refractivity contribution >= 4 is 47.3 Å². The maximum atomic E-state index is 15.4. The van der Waals surface area contributed by atoms with E-state index in [0.717, 1.165) is 75.3 Å². The monoisotopic (exact) mass is 1000 g/mol. The lowest BCUT2D eigenvalue weighted by atomic mass is 9.92. The summed E-state index contributed by atoms with van der Waals surface area (Å²) in [6.45, 7) is 4.77. The van der Waals surface area contributed by atoms with Crippen molar-refractivity contribution in [3.8, 4) is 0 Å². The Hall–Kier alpha value is -7.04. The summed E-state index contributed by atoms with van der Waals surface area (Å²) in [7, 11) is 3.44. The first kappa shape index (κ1) is 54.3. The molecule has 0 spiro atoms. The number of pyridine rings is 2. The summed E-state index contributed by atoms with van der Waals surface area (Å²) < 4.78 is 41.3. The first-order valence-corrected chi connectivity index (χ1v) is 24.6. The Bertz CT molecular complexity index is 2380. The van der Waals surface area contributed by atoms with Crippen molar-refractivity contribution in [2.45, 2.75) is 117 Å². The highest BCUT2D eigenvalue weighted by atomic mass is 19.1. The van der Waals surface area contributed by atoms with Gasteiger partial charge in [-0.05, 0) is 86.8 Å². The SMILES string of the molecule is Cc1nc(NNC(=O)[C@@H](CNC(=O)O)CC2CCCC2)c(F)c(N(C)Cc2ccncc2)n1.Cc1nc(NNC(=O)[C@@H](CNC(=O)OC2CCCCO2)CC2CCCC2)c(F)c(N(C)Cc2ccncc2)n1. The van der Waals surface area contributed by atoms with Gasteiger partial charge in [0.05, 0.1) is 18.4 Å². The Balaban J connectivity index is 0.000000239. The number of ether oxygens (including phenoxy) is 2. The van der Waals surface area contributed by atoms with Crippen molar-refractivity contribution in [3.63, 3.8) is 0 Å². The van der Waals surface area contributed by atoms with Crippen LogP contribution in [-0.2, 0) is 32.2 Å². The summed E-state index contributed by atoms with van der Waals surface area (Å²) in [5.41, 5.74) is 12.2. The number of carbonyl (C=O) groups excluding carboxylic acids is 3. The molecule has 1 unspecified atom stereocenters. The molecule has 21 nitrogen and oxygen atoms in total. The highest BCUT2D eigenvalue weighted by Gasteiger charge is 2.29. The molecule has 390 valence electrons. The van der Waals surface area contributed by atoms with Crippen molar-refractivity contribution in [3.05, 3.63) is 83.5 Å². The van der Waals surface area contributed by atoms with Crippen LogP contribution in [0.4, 0.5) is 41.6 Å². The number of aryl methyl sites for hydroxylation is 2. The summed E-state index contributed by atoms with van der Waals surface area (Å²) in [6.07, 6.45) is 16.7. The molecular weight excluding hydrogens is 935 g/mol. The van der Waals surface area contributed by atoms with Crippen molar-refractivity contribution in [1.29, 1.82) is 0 Å². The van der Waals surface area contributed by atoms with Gasteiger partial charge in [-0.1, -0.05) is 51.4 Å². The molecule has 5 heterocycles. The van der Waals surface area contributed by atoms with Gasteiger partial charge in [-0.25, -0.2) is 29.5 Å². The van der Waals surface area contributed by atoms with E-state index < -0.39 is 47.9 Å². The maximum absolute atomic E-state index is 15.4. The van der Waals surface area contributed by atoms with E-state index in [4.69, 9.17) is 14.6 Å². The maximum Gasteiger partial charge on any atom is 0.409 e. The van der Waals surface area contributed by atoms with E-state index in [1.807, 2.05) is 24.3 Å². The van der Waals surface area contributed by atoms with Crippen LogP contribution in [0.1, 0.15) is 106 Å². The zero-order valence-electron chi connectivity index (χ0n) is 41.5. The van der Waals surface area contributed by atoms with Gasteiger partial charge < -0.3 is 35.0 Å². The van der Waals surface area contributed by atoms with Crippen LogP contribution >= 0.6 is 0 Å². The molecule has 4 aromatic rings. The largest absolute Gasteiger partial charge is 0.465 e. The molecule has 7 N–H and O–H groups in total. The van der Waals surface area contributed by atoms with E-state index in [2.05, 4.69) is 62.2 Å². The number of alkyl carbamates (subject to hydrolysis) is 1. The molecule has 3 aliphatic rings. The number of halogens is 2. The van der Waals surface area contributed by atoms with E-state index in [0.29, 0.717) is 62.4 Å². The average Bonchev–Trinajstić information content (AvgIpc) is 4.10. The molecular formula is C49H68F2N14O7. The van der Waals surface area contributed by atoms with E-state index in [9.17, 15) is 19.2 Å². The zero-order valence-corrected chi connectivity index (χ0v) is 41.5. The van der Waals surface area contributed by atoms with Crippen LogP contribution in [0.15, 0.2) is 49.1 Å². The number of carboxylic acid groups (broad SMARTS) is 1. The van der Waals surface area contributed by atoms with Gasteiger partial charge in [0.15, 0.2) is 23.3 Å². The van der Waals surface area contributed by atoms with E-state index in [1.165, 1.54) is 0 Å². The Labute approximate surface area is 418 Å². The van der Waals surface area contributed by atoms with Crippen molar-refractivity contribution in [1.82, 2.24) is 51.4 Å². The van der Waals surface area contributed by atoms with Gasteiger partial charge in [-0.3, -0.25) is 41.3 Å². The first-order chi connectivity index (χ1) is 34.7. The number of rotatable bonds is 21. The lowest BCUT2D eigenvalue weighted by Crippen LogP contribution is -2.43. The number of carbonyl (C=O) groups is 4. The quantitative estimate of drug-likeness (QED) is 0.0428. The fraction of sp³-hybridized carbons (Fsp3) is 0.551. The van der Waals surface area contributed by atoms with Crippen LogP contribution in [0.3, 0.4) is 0 Å². The van der Waals surface area contributed by atoms with Gasteiger partial charge in [0, 0.05) is 71.5 Å². The number of nitrogens with one attached hydrogen (secondary N) is 6. The first-order valence-electron chi connectivity index (χ1n) is 24.6. The second-order valence-corrected chi connectivity index (χ2v) is 18.6. The minimum Gasteiger partial charge on any atom is -0.465 e. The molecule has 3 atom stereocenters. The van der Waals surface area contributed by atoms with Gasteiger partial charge in [0.1, 0.15) is 11.6 Å². The Morgan fingerprint density at radius 2 is 1.10 bits per heavy atom. The van der Waals surface area contributed by atoms with E-state index in [1.54, 1.807) is 62.5 Å². The molecule has 0 radical (unpaired) electrons. The van der Waals surface area contributed by atoms with E-state index >= 15 is 8.78 Å². The molecule has 2 saturated carbocycles. The fourth-order valence-electron chi connectivity index (χ4n) is 9.12. The molecule has 7 rings (SSSR count). The molecule has 2 aliphatic carbocycles. The standard InChI is InChI=1S/C27H38FN7O4.C22H30FN7O3/c1-18-31-24(23(28)25(32-18)35(2)17-20-10-12-29-13-11-20)33-34-26(36)21(15-19-7-3-4-8-19)16-30-27(37)39-22-9-5-6-14-38-22;1-14-26-19(18(23)20(27-14)30(2)13-16-7-9-24-10-8-16)28-29-21(31)17(12-25-22(32)33)11-15-5-3-4-6-15/h10-13,19,21-22H,3-9,14-17H2,1-2H3,(H,30,37)(H,34,36)(H,31,32,33);7-10,15,17,25H,3-6,11-13H2,1-2H3,(H,29,31)(H,32,33)(H,26,27,28)/t21-,22?;17-/m11/s1. The highest BCUT2D eigenvalue weighted by Crippen LogP contribution is 2.32. The molecule has 1 saturated heterocycles.